The van der Waals surface area contributed by atoms with Crippen molar-refractivity contribution in [1.82, 2.24) is 9.88 Å². The van der Waals surface area contributed by atoms with Gasteiger partial charge in [-0.3, -0.25) is 4.79 Å². The third-order valence-corrected chi connectivity index (χ3v) is 4.74. The summed E-state index contributed by atoms with van der Waals surface area (Å²) in [5.74, 6) is 0.903. The zero-order chi connectivity index (χ0) is 11.7. The van der Waals surface area contributed by atoms with Crippen molar-refractivity contribution in [2.45, 2.75) is 44.6 Å². The number of thiazole rings is 1. The monoisotopic (exact) mass is 250 g/mol. The van der Waals surface area contributed by atoms with E-state index in [0.29, 0.717) is 11.7 Å². The third-order valence-electron chi connectivity index (χ3n) is 4.16. The average molecular weight is 250 g/mol. The van der Waals surface area contributed by atoms with Crippen molar-refractivity contribution in [1.29, 1.82) is 0 Å². The van der Waals surface area contributed by atoms with E-state index in [2.05, 4.69) is 9.88 Å². The van der Waals surface area contributed by atoms with Crippen molar-refractivity contribution in [3.63, 3.8) is 0 Å². The fourth-order valence-electron chi connectivity index (χ4n) is 3.34. The Hall–Kier alpha value is -0.900. The standard InChI is InChI=1S/C13H18N2OS/c16-13(11-8-17-9-14-11)15-7-3-6-12(15)10-4-1-2-5-10/h8-10,12H,1-7H2. The molecule has 2 aliphatic rings. The van der Waals surface area contributed by atoms with E-state index in [1.807, 2.05) is 5.38 Å². The molecule has 1 aliphatic carbocycles. The summed E-state index contributed by atoms with van der Waals surface area (Å²) in [5, 5.41) is 1.87. The first-order chi connectivity index (χ1) is 8.36. The highest BCUT2D eigenvalue weighted by Gasteiger charge is 2.36. The van der Waals surface area contributed by atoms with Crippen LogP contribution in [0.15, 0.2) is 10.9 Å². The number of likely N-dealkylation sites (tertiary alicyclic amines) is 1. The molecule has 1 atom stereocenters. The summed E-state index contributed by atoms with van der Waals surface area (Å²) in [7, 11) is 0. The molecule has 0 aromatic carbocycles. The molecule has 1 aliphatic heterocycles. The normalized spacial score (nSPS) is 25.6. The Labute approximate surface area is 106 Å². The van der Waals surface area contributed by atoms with E-state index in [-0.39, 0.29) is 5.91 Å². The maximum Gasteiger partial charge on any atom is 0.273 e. The van der Waals surface area contributed by atoms with E-state index >= 15 is 0 Å². The Morgan fingerprint density at radius 3 is 2.82 bits per heavy atom. The Balaban J connectivity index is 1.75. The van der Waals surface area contributed by atoms with E-state index in [1.165, 1.54) is 43.4 Å². The van der Waals surface area contributed by atoms with Crippen LogP contribution in [0.1, 0.15) is 49.0 Å². The molecule has 1 unspecified atom stereocenters. The first kappa shape index (κ1) is 11.2. The SMILES string of the molecule is O=C(c1cscn1)N1CCCC1C1CCCC1. The van der Waals surface area contributed by atoms with Crippen LogP contribution < -0.4 is 0 Å². The summed E-state index contributed by atoms with van der Waals surface area (Å²) in [4.78, 5) is 18.6. The zero-order valence-electron chi connectivity index (χ0n) is 9.97. The molecular formula is C13H18N2OS. The molecule has 1 amide bonds. The van der Waals surface area contributed by atoms with Crippen LogP contribution in [0.25, 0.3) is 0 Å². The van der Waals surface area contributed by atoms with Crippen LogP contribution in [0.2, 0.25) is 0 Å². The molecule has 2 heterocycles. The second-order valence-corrected chi connectivity index (χ2v) is 5.85. The van der Waals surface area contributed by atoms with E-state index in [4.69, 9.17) is 0 Å². The first-order valence-corrected chi connectivity index (χ1v) is 7.49. The molecular weight excluding hydrogens is 232 g/mol. The van der Waals surface area contributed by atoms with Crippen LogP contribution in [-0.4, -0.2) is 28.4 Å². The largest absolute Gasteiger partial charge is 0.334 e. The number of hydrogen-bond acceptors (Lipinski definition) is 3. The number of aromatic nitrogens is 1. The molecule has 0 N–H and O–H groups in total. The van der Waals surface area contributed by atoms with Crippen LogP contribution in [0.5, 0.6) is 0 Å². The Morgan fingerprint density at radius 1 is 1.29 bits per heavy atom. The molecule has 1 aromatic heterocycles. The van der Waals surface area contributed by atoms with Gasteiger partial charge in [0.15, 0.2) is 0 Å². The van der Waals surface area contributed by atoms with Gasteiger partial charge in [0.1, 0.15) is 5.69 Å². The lowest BCUT2D eigenvalue weighted by Crippen LogP contribution is -2.39. The minimum Gasteiger partial charge on any atom is -0.334 e. The molecule has 1 saturated heterocycles. The van der Waals surface area contributed by atoms with Crippen molar-refractivity contribution in [2.75, 3.05) is 6.54 Å². The highest BCUT2D eigenvalue weighted by molar-refractivity contribution is 7.07. The first-order valence-electron chi connectivity index (χ1n) is 6.55. The zero-order valence-corrected chi connectivity index (χ0v) is 10.8. The Bertz CT molecular complexity index is 384. The molecule has 0 radical (unpaired) electrons. The maximum atomic E-state index is 12.3. The second kappa shape index (κ2) is 4.77. The van der Waals surface area contributed by atoms with Crippen LogP contribution in [-0.2, 0) is 0 Å². The van der Waals surface area contributed by atoms with Crippen LogP contribution >= 0.6 is 11.3 Å². The van der Waals surface area contributed by atoms with Gasteiger partial charge in [-0.2, -0.15) is 0 Å². The molecule has 1 aromatic rings. The van der Waals surface area contributed by atoms with Gasteiger partial charge in [-0.1, -0.05) is 12.8 Å². The lowest BCUT2D eigenvalue weighted by atomic mass is 9.96. The van der Waals surface area contributed by atoms with Gasteiger partial charge in [-0.15, -0.1) is 11.3 Å². The highest BCUT2D eigenvalue weighted by Crippen LogP contribution is 2.35. The summed E-state index contributed by atoms with van der Waals surface area (Å²) >= 11 is 1.50. The summed E-state index contributed by atoms with van der Waals surface area (Å²) in [6.07, 6.45) is 7.68. The molecule has 17 heavy (non-hydrogen) atoms. The van der Waals surface area contributed by atoms with Gasteiger partial charge in [-0.25, -0.2) is 4.98 Å². The van der Waals surface area contributed by atoms with Gasteiger partial charge in [0.05, 0.1) is 5.51 Å². The molecule has 92 valence electrons. The van der Waals surface area contributed by atoms with E-state index in [0.717, 1.165) is 18.9 Å². The molecule has 4 heteroatoms. The van der Waals surface area contributed by atoms with Gasteiger partial charge >= 0.3 is 0 Å². The van der Waals surface area contributed by atoms with Gasteiger partial charge in [0.25, 0.3) is 5.91 Å². The molecule has 1 saturated carbocycles. The number of hydrogen-bond donors (Lipinski definition) is 0. The van der Waals surface area contributed by atoms with E-state index in [1.54, 1.807) is 5.51 Å². The summed E-state index contributed by atoms with van der Waals surface area (Å²) in [6.45, 7) is 0.928. The van der Waals surface area contributed by atoms with Crippen molar-refractivity contribution >= 4 is 17.2 Å². The molecule has 3 nitrogen and oxygen atoms in total. The fraction of sp³-hybridized carbons (Fsp3) is 0.692. The number of rotatable bonds is 2. The van der Waals surface area contributed by atoms with Crippen LogP contribution in [0, 0.1) is 5.92 Å². The molecule has 2 fully saturated rings. The maximum absolute atomic E-state index is 12.3. The predicted molar refractivity (Wildman–Crippen MR) is 68.1 cm³/mol. The lowest BCUT2D eigenvalue weighted by molar-refractivity contribution is 0.0684. The summed E-state index contributed by atoms with van der Waals surface area (Å²) in [6, 6.07) is 0.492. The van der Waals surface area contributed by atoms with Crippen molar-refractivity contribution < 1.29 is 4.79 Å². The Kier molecular flexibility index (Phi) is 3.14. The van der Waals surface area contributed by atoms with E-state index < -0.39 is 0 Å². The quantitative estimate of drug-likeness (QED) is 0.808. The van der Waals surface area contributed by atoms with Crippen molar-refractivity contribution in [2.24, 2.45) is 5.92 Å². The molecule has 0 bridgehead atoms. The van der Waals surface area contributed by atoms with E-state index in [9.17, 15) is 4.79 Å². The lowest BCUT2D eigenvalue weighted by Gasteiger charge is -2.28. The number of amides is 1. The highest BCUT2D eigenvalue weighted by atomic mass is 32.1. The molecule has 0 spiro atoms. The topological polar surface area (TPSA) is 33.2 Å². The minimum absolute atomic E-state index is 0.153. The van der Waals surface area contributed by atoms with Gasteiger partial charge in [0.2, 0.25) is 0 Å². The number of nitrogens with zero attached hydrogens (tertiary/aromatic N) is 2. The average Bonchev–Trinajstić information content (AvgIpc) is 3.09. The second-order valence-electron chi connectivity index (χ2n) is 5.13. The number of carbonyl (C=O) groups excluding carboxylic acids is 1. The summed E-state index contributed by atoms with van der Waals surface area (Å²) < 4.78 is 0. The Morgan fingerprint density at radius 2 is 2.12 bits per heavy atom. The van der Waals surface area contributed by atoms with Crippen molar-refractivity contribution in [3.05, 3.63) is 16.6 Å². The summed E-state index contributed by atoms with van der Waals surface area (Å²) in [5.41, 5.74) is 2.38. The minimum atomic E-state index is 0.153. The predicted octanol–water partition coefficient (Wildman–Crippen LogP) is 2.94. The van der Waals surface area contributed by atoms with Gasteiger partial charge in [-0.05, 0) is 31.6 Å². The third kappa shape index (κ3) is 2.10. The smallest absolute Gasteiger partial charge is 0.273 e. The van der Waals surface area contributed by atoms with Crippen LogP contribution in [0.4, 0.5) is 0 Å². The number of carbonyl (C=O) groups is 1. The van der Waals surface area contributed by atoms with Crippen LogP contribution in [0.3, 0.4) is 0 Å². The van der Waals surface area contributed by atoms with Crippen molar-refractivity contribution in [3.8, 4) is 0 Å². The van der Waals surface area contributed by atoms with Gasteiger partial charge in [0, 0.05) is 18.0 Å². The molecule has 3 rings (SSSR count). The van der Waals surface area contributed by atoms with Gasteiger partial charge < -0.3 is 4.90 Å². The fourth-order valence-corrected chi connectivity index (χ4v) is 3.87.